The number of pyridine rings is 1. The summed E-state index contributed by atoms with van der Waals surface area (Å²) in [4.78, 5) is 12.4. The van der Waals surface area contributed by atoms with E-state index >= 15 is 0 Å². The molecule has 4 nitrogen and oxygen atoms in total. The van der Waals surface area contributed by atoms with E-state index in [0.717, 1.165) is 30.6 Å². The summed E-state index contributed by atoms with van der Waals surface area (Å²) >= 11 is 0. The summed E-state index contributed by atoms with van der Waals surface area (Å²) in [5.41, 5.74) is 1.96. The molecule has 0 saturated carbocycles. The van der Waals surface area contributed by atoms with Crippen molar-refractivity contribution in [2.45, 2.75) is 52.7 Å². The number of nitrogens with zero attached hydrogens (tertiary/aromatic N) is 1. The first-order chi connectivity index (χ1) is 9.10. The van der Waals surface area contributed by atoms with Crippen LogP contribution in [-0.2, 0) is 17.8 Å². The Balaban J connectivity index is 2.78. The first-order valence-electron chi connectivity index (χ1n) is 7.01. The maximum atomic E-state index is 12.4. The summed E-state index contributed by atoms with van der Waals surface area (Å²) in [6.07, 6.45) is 1.92. The van der Waals surface area contributed by atoms with Crippen molar-refractivity contribution < 1.29 is 4.74 Å². The first kappa shape index (κ1) is 15.9. The molecule has 1 heterocycles. The van der Waals surface area contributed by atoms with E-state index in [2.05, 4.69) is 19.2 Å². The Morgan fingerprint density at radius 3 is 2.79 bits per heavy atom. The number of hydrogen-bond acceptors (Lipinski definition) is 3. The van der Waals surface area contributed by atoms with Gasteiger partial charge in [-0.3, -0.25) is 4.79 Å². The lowest BCUT2D eigenvalue weighted by Gasteiger charge is -2.14. The average Bonchev–Trinajstić information content (AvgIpc) is 2.41. The molecule has 0 aliphatic carbocycles. The summed E-state index contributed by atoms with van der Waals surface area (Å²) in [7, 11) is 1.68. The van der Waals surface area contributed by atoms with Crippen molar-refractivity contribution in [2.75, 3.05) is 13.7 Å². The minimum atomic E-state index is 0.118. The Hall–Kier alpha value is -1.13. The van der Waals surface area contributed by atoms with Gasteiger partial charge in [0.05, 0.1) is 0 Å². The molecule has 1 aromatic heterocycles. The van der Waals surface area contributed by atoms with E-state index in [-0.39, 0.29) is 5.56 Å². The van der Waals surface area contributed by atoms with Gasteiger partial charge in [-0.2, -0.15) is 0 Å². The Bertz CT molecular complexity index is 440. The van der Waals surface area contributed by atoms with Gasteiger partial charge in [0, 0.05) is 44.1 Å². The van der Waals surface area contributed by atoms with Gasteiger partial charge in [-0.25, -0.2) is 0 Å². The second-order valence-electron chi connectivity index (χ2n) is 4.99. The van der Waals surface area contributed by atoms with Gasteiger partial charge in [-0.05, 0) is 32.8 Å². The molecule has 0 spiro atoms. The number of ether oxygens (including phenoxy) is 1. The molecule has 0 aromatic carbocycles. The van der Waals surface area contributed by atoms with Crippen LogP contribution in [0, 0.1) is 6.92 Å². The molecule has 4 heteroatoms. The standard InChI is InChI=1S/C15H26N2O2/c1-5-12(2)16-11-14-8-7-13(3)17(15(14)18)9-6-10-19-4/h7-8,12,16H,5-6,9-11H2,1-4H3. The molecular weight excluding hydrogens is 240 g/mol. The van der Waals surface area contributed by atoms with Gasteiger partial charge in [-0.1, -0.05) is 13.0 Å². The second-order valence-corrected chi connectivity index (χ2v) is 4.99. The van der Waals surface area contributed by atoms with Gasteiger partial charge in [0.2, 0.25) is 0 Å². The summed E-state index contributed by atoms with van der Waals surface area (Å²) in [5.74, 6) is 0. The molecule has 0 bridgehead atoms. The Kier molecular flexibility index (Phi) is 6.81. The Labute approximate surface area is 115 Å². The van der Waals surface area contributed by atoms with E-state index in [9.17, 15) is 4.79 Å². The highest BCUT2D eigenvalue weighted by atomic mass is 16.5. The number of hydrogen-bond donors (Lipinski definition) is 1. The third kappa shape index (κ3) is 4.80. The van der Waals surface area contributed by atoms with Crippen LogP contribution in [0.1, 0.15) is 37.9 Å². The van der Waals surface area contributed by atoms with Crippen LogP contribution < -0.4 is 10.9 Å². The molecule has 1 rings (SSSR count). The fourth-order valence-electron chi connectivity index (χ4n) is 1.92. The van der Waals surface area contributed by atoms with Gasteiger partial charge < -0.3 is 14.6 Å². The second kappa shape index (κ2) is 8.12. The number of methoxy groups -OCH3 is 1. The fraction of sp³-hybridized carbons (Fsp3) is 0.667. The minimum absolute atomic E-state index is 0.118. The molecular formula is C15H26N2O2. The monoisotopic (exact) mass is 266 g/mol. The van der Waals surface area contributed by atoms with Crippen LogP contribution in [0.2, 0.25) is 0 Å². The molecule has 0 amide bonds. The molecule has 0 aliphatic rings. The zero-order valence-electron chi connectivity index (χ0n) is 12.5. The van der Waals surface area contributed by atoms with Crippen molar-refractivity contribution in [1.29, 1.82) is 0 Å². The molecule has 1 N–H and O–H groups in total. The van der Waals surface area contributed by atoms with E-state index in [1.54, 1.807) is 7.11 Å². The smallest absolute Gasteiger partial charge is 0.255 e. The van der Waals surface area contributed by atoms with Gasteiger partial charge in [0.25, 0.3) is 5.56 Å². The van der Waals surface area contributed by atoms with Gasteiger partial charge in [0.1, 0.15) is 0 Å². The van der Waals surface area contributed by atoms with Crippen LogP contribution in [0.5, 0.6) is 0 Å². The predicted molar refractivity (Wildman–Crippen MR) is 78.5 cm³/mol. The van der Waals surface area contributed by atoms with Crippen LogP contribution in [0.4, 0.5) is 0 Å². The van der Waals surface area contributed by atoms with Crippen LogP contribution in [0.3, 0.4) is 0 Å². The lowest BCUT2D eigenvalue weighted by Crippen LogP contribution is -2.31. The zero-order valence-corrected chi connectivity index (χ0v) is 12.5. The Morgan fingerprint density at radius 2 is 2.16 bits per heavy atom. The summed E-state index contributed by atoms with van der Waals surface area (Å²) in [5, 5.41) is 3.37. The Morgan fingerprint density at radius 1 is 1.42 bits per heavy atom. The van der Waals surface area contributed by atoms with E-state index < -0.39 is 0 Å². The molecule has 0 fully saturated rings. The van der Waals surface area contributed by atoms with Gasteiger partial charge in [-0.15, -0.1) is 0 Å². The molecule has 0 aliphatic heterocycles. The number of aryl methyl sites for hydroxylation is 1. The average molecular weight is 266 g/mol. The van der Waals surface area contributed by atoms with Crippen molar-refractivity contribution in [3.05, 3.63) is 33.7 Å². The molecule has 0 radical (unpaired) electrons. The maximum absolute atomic E-state index is 12.4. The molecule has 19 heavy (non-hydrogen) atoms. The quantitative estimate of drug-likeness (QED) is 0.733. The fourth-order valence-corrected chi connectivity index (χ4v) is 1.92. The van der Waals surface area contributed by atoms with Gasteiger partial charge >= 0.3 is 0 Å². The molecule has 1 aromatic rings. The third-order valence-electron chi connectivity index (χ3n) is 3.45. The van der Waals surface area contributed by atoms with Crippen molar-refractivity contribution in [3.8, 4) is 0 Å². The molecule has 1 unspecified atom stereocenters. The normalized spacial score (nSPS) is 12.6. The summed E-state index contributed by atoms with van der Waals surface area (Å²) in [6, 6.07) is 4.38. The zero-order chi connectivity index (χ0) is 14.3. The number of nitrogens with one attached hydrogen (secondary N) is 1. The highest BCUT2D eigenvalue weighted by molar-refractivity contribution is 5.15. The van der Waals surface area contributed by atoms with Crippen molar-refractivity contribution >= 4 is 0 Å². The van der Waals surface area contributed by atoms with Crippen molar-refractivity contribution in [2.24, 2.45) is 0 Å². The van der Waals surface area contributed by atoms with Crippen molar-refractivity contribution in [3.63, 3.8) is 0 Å². The lowest BCUT2D eigenvalue weighted by molar-refractivity contribution is 0.189. The maximum Gasteiger partial charge on any atom is 0.255 e. The van der Waals surface area contributed by atoms with Crippen molar-refractivity contribution in [1.82, 2.24) is 9.88 Å². The third-order valence-corrected chi connectivity index (χ3v) is 3.45. The van der Waals surface area contributed by atoms with Crippen LogP contribution in [0.15, 0.2) is 16.9 Å². The SMILES string of the molecule is CCC(C)NCc1ccc(C)n(CCCOC)c1=O. The van der Waals surface area contributed by atoms with Crippen LogP contribution in [0.25, 0.3) is 0 Å². The molecule has 0 saturated heterocycles. The number of aromatic nitrogens is 1. The predicted octanol–water partition coefficient (Wildman–Crippen LogP) is 2.08. The molecule has 1 atom stereocenters. The molecule has 108 valence electrons. The topological polar surface area (TPSA) is 43.3 Å². The van der Waals surface area contributed by atoms with Crippen LogP contribution in [-0.4, -0.2) is 24.3 Å². The van der Waals surface area contributed by atoms with E-state index in [4.69, 9.17) is 4.74 Å². The van der Waals surface area contributed by atoms with E-state index in [1.807, 2.05) is 23.6 Å². The lowest BCUT2D eigenvalue weighted by atomic mass is 10.2. The first-order valence-corrected chi connectivity index (χ1v) is 7.01. The highest BCUT2D eigenvalue weighted by Crippen LogP contribution is 2.01. The summed E-state index contributed by atoms with van der Waals surface area (Å²) in [6.45, 7) is 8.27. The van der Waals surface area contributed by atoms with E-state index in [1.165, 1.54) is 0 Å². The number of rotatable bonds is 8. The van der Waals surface area contributed by atoms with E-state index in [0.29, 0.717) is 19.2 Å². The van der Waals surface area contributed by atoms with Gasteiger partial charge in [0.15, 0.2) is 0 Å². The minimum Gasteiger partial charge on any atom is -0.385 e. The van der Waals surface area contributed by atoms with Crippen LogP contribution >= 0.6 is 0 Å². The summed E-state index contributed by atoms with van der Waals surface area (Å²) < 4.78 is 6.88. The highest BCUT2D eigenvalue weighted by Gasteiger charge is 2.07. The largest absolute Gasteiger partial charge is 0.385 e.